The number of hydrogen-bond acceptors (Lipinski definition) is 4. The van der Waals surface area contributed by atoms with Crippen LogP contribution in [-0.4, -0.2) is 11.6 Å². The van der Waals surface area contributed by atoms with Crippen LogP contribution in [0.2, 0.25) is 0 Å². The van der Waals surface area contributed by atoms with Gasteiger partial charge in [-0.1, -0.05) is 123 Å². The molecule has 4 fully saturated rings. The second-order valence-corrected chi connectivity index (χ2v) is 17.4. The van der Waals surface area contributed by atoms with E-state index in [4.69, 9.17) is 19.6 Å². The van der Waals surface area contributed by atoms with E-state index in [-0.39, 0.29) is 49.5 Å². The third kappa shape index (κ3) is 4.34. The molecule has 4 rings (SSSR count). The summed E-state index contributed by atoms with van der Waals surface area (Å²) in [6.45, 7) is 35.6. The van der Waals surface area contributed by atoms with Crippen LogP contribution < -0.4 is 0 Å². The summed E-state index contributed by atoms with van der Waals surface area (Å²) in [6.07, 6.45) is 10.9. The molecule has 39 heavy (non-hydrogen) atoms. The highest BCUT2D eigenvalue weighted by Crippen LogP contribution is 2.80. The quantitative estimate of drug-likeness (QED) is 0.201. The molecule has 4 aliphatic rings. The van der Waals surface area contributed by atoms with Crippen molar-refractivity contribution in [1.29, 1.82) is 0 Å². The van der Waals surface area contributed by atoms with Crippen LogP contribution in [0, 0.1) is 49.7 Å². The van der Waals surface area contributed by atoms with E-state index < -0.39 is 0 Å². The van der Waals surface area contributed by atoms with Crippen LogP contribution >= 0.6 is 0 Å². The molecule has 0 aromatic carbocycles. The Hall–Kier alpha value is -0.160. The normalized spacial score (nSPS) is 34.9. The highest BCUT2D eigenvalue weighted by molar-refractivity contribution is 5.22. The molecule has 2 heterocycles. The van der Waals surface area contributed by atoms with Gasteiger partial charge in [-0.05, 0) is 62.6 Å². The van der Waals surface area contributed by atoms with Crippen LogP contribution in [0.3, 0.4) is 0 Å². The van der Waals surface area contributed by atoms with Gasteiger partial charge in [0.15, 0.2) is 0 Å². The molecule has 0 aromatic heterocycles. The van der Waals surface area contributed by atoms with E-state index >= 15 is 0 Å². The molecule has 2 aliphatic carbocycles. The fourth-order valence-electron chi connectivity index (χ4n) is 10.9. The first-order valence-electron chi connectivity index (χ1n) is 16.5. The Labute approximate surface area is 241 Å². The zero-order valence-corrected chi connectivity index (χ0v) is 28.4. The van der Waals surface area contributed by atoms with Gasteiger partial charge in [-0.2, -0.15) is 19.6 Å². The summed E-state index contributed by atoms with van der Waals surface area (Å²) in [4.78, 5) is 23.3. The molecule has 2 saturated heterocycles. The Bertz CT molecular complexity index is 834. The third-order valence-electron chi connectivity index (χ3n) is 14.8. The van der Waals surface area contributed by atoms with Gasteiger partial charge in [-0.25, -0.2) is 0 Å². The molecule has 4 unspecified atom stereocenters. The largest absolute Gasteiger partial charge is 0.234 e. The lowest BCUT2D eigenvalue weighted by molar-refractivity contribution is -0.282. The van der Waals surface area contributed by atoms with E-state index in [1.54, 1.807) is 0 Å². The molecule has 2 aliphatic heterocycles. The van der Waals surface area contributed by atoms with Gasteiger partial charge in [0, 0.05) is 25.7 Å². The topological polar surface area (TPSA) is 50.1 Å². The van der Waals surface area contributed by atoms with Crippen molar-refractivity contribution in [2.24, 2.45) is 49.7 Å². The maximum atomic E-state index is 5.81. The molecule has 0 N–H and O–H groups in total. The first kappa shape index (κ1) is 31.8. The zero-order chi connectivity index (χ0) is 29.6. The predicted octanol–water partition coefficient (Wildman–Crippen LogP) is 10.6. The van der Waals surface area contributed by atoms with Crippen LogP contribution in [0.15, 0.2) is 0 Å². The molecule has 0 radical (unpaired) electrons. The van der Waals surface area contributed by atoms with Crippen molar-refractivity contribution in [3.63, 3.8) is 0 Å². The van der Waals surface area contributed by atoms with Crippen LogP contribution in [0.5, 0.6) is 0 Å². The minimum Gasteiger partial charge on any atom is -0.195 e. The molecule has 228 valence electrons. The summed E-state index contributed by atoms with van der Waals surface area (Å²) < 4.78 is 0. The molecule has 2 saturated carbocycles. The number of hydrogen-bond donors (Lipinski definition) is 0. The zero-order valence-electron chi connectivity index (χ0n) is 28.4. The lowest BCUT2D eigenvalue weighted by Gasteiger charge is -2.75. The van der Waals surface area contributed by atoms with Crippen molar-refractivity contribution in [3.05, 3.63) is 0 Å². The van der Waals surface area contributed by atoms with Crippen molar-refractivity contribution in [3.8, 4) is 0 Å². The fraction of sp³-hybridized carbons (Fsp3) is 1.00. The van der Waals surface area contributed by atoms with E-state index in [2.05, 4.69) is 96.9 Å². The number of rotatable bonds is 10. The Kier molecular flexibility index (Phi) is 7.67. The van der Waals surface area contributed by atoms with E-state index in [9.17, 15) is 0 Å². The van der Waals surface area contributed by atoms with Gasteiger partial charge in [0.1, 0.15) is 0 Å². The first-order valence-corrected chi connectivity index (χ1v) is 16.5. The molecular weight excluding hydrogens is 484 g/mol. The highest BCUT2D eigenvalue weighted by Gasteiger charge is 2.77. The maximum absolute atomic E-state index is 5.81. The fourth-order valence-corrected chi connectivity index (χ4v) is 10.9. The Morgan fingerprint density at radius 1 is 0.487 bits per heavy atom. The maximum Gasteiger partial charge on any atom is 0.234 e. The summed E-state index contributed by atoms with van der Waals surface area (Å²) in [6, 6.07) is 0. The highest BCUT2D eigenvalue weighted by atomic mass is 17.4. The summed E-state index contributed by atoms with van der Waals surface area (Å²) in [5, 5.41) is 0. The van der Waals surface area contributed by atoms with Crippen LogP contribution in [-0.2, 0) is 19.6 Å². The van der Waals surface area contributed by atoms with Gasteiger partial charge < -0.3 is 0 Å². The molecule has 4 nitrogen and oxygen atoms in total. The summed E-state index contributed by atoms with van der Waals surface area (Å²) in [5.74, 6) is 0.246. The van der Waals surface area contributed by atoms with E-state index in [1.807, 2.05) is 0 Å². The molecule has 0 aromatic rings. The SMILES string of the molecule is CCC(C)(C)C1CC2(CCC1(C(C)(C)CC)C(C)(C)C1(C(C)(C)CC)CCC3(CC1C(C)(C)CC)OO3)OO2. The second-order valence-electron chi connectivity index (χ2n) is 17.4. The second kappa shape index (κ2) is 9.42. The average molecular weight is 549 g/mol. The predicted molar refractivity (Wildman–Crippen MR) is 159 cm³/mol. The van der Waals surface area contributed by atoms with Crippen molar-refractivity contribution < 1.29 is 19.6 Å². The summed E-state index contributed by atoms with van der Waals surface area (Å²) in [5.41, 5.74) is 0.836. The summed E-state index contributed by atoms with van der Waals surface area (Å²) in [7, 11) is 0. The van der Waals surface area contributed by atoms with Crippen LogP contribution in [0.4, 0.5) is 0 Å². The molecule has 4 atom stereocenters. The van der Waals surface area contributed by atoms with E-state index in [1.165, 1.54) is 12.8 Å². The Balaban J connectivity index is 2.05. The van der Waals surface area contributed by atoms with Gasteiger partial charge in [0.25, 0.3) is 0 Å². The lowest BCUT2D eigenvalue weighted by Crippen LogP contribution is -2.70. The van der Waals surface area contributed by atoms with E-state index in [0.29, 0.717) is 11.8 Å². The van der Waals surface area contributed by atoms with Crippen molar-refractivity contribution in [2.45, 2.75) is 173 Å². The average Bonchev–Trinajstić information content (AvgIpc) is 3.82. The lowest BCUT2D eigenvalue weighted by atomic mass is 9.29. The van der Waals surface area contributed by atoms with Gasteiger partial charge in [-0.15, -0.1) is 0 Å². The molecule has 2 spiro atoms. The molecular formula is C35H64O4. The van der Waals surface area contributed by atoms with Crippen molar-refractivity contribution >= 4 is 0 Å². The molecule has 4 heteroatoms. The first-order chi connectivity index (χ1) is 17.7. The minimum absolute atomic E-state index is 0.0280. The standard InChI is InChI=1S/C35H64O4/c1-15-27(5,6)25-23-32(36-37-32)19-21-34(25,29(9,10)17-3)31(13,14)35(30(11,12)18-4)22-20-33(38-39-33)24-26(35)28(7,8)16-2/h25-26H,15-24H2,1-14H3. The van der Waals surface area contributed by atoms with Gasteiger partial charge in [0.05, 0.1) is 0 Å². The third-order valence-corrected chi connectivity index (χ3v) is 14.8. The van der Waals surface area contributed by atoms with Crippen LogP contribution in [0.1, 0.15) is 161 Å². The van der Waals surface area contributed by atoms with E-state index in [0.717, 1.165) is 51.4 Å². The monoisotopic (exact) mass is 548 g/mol. The van der Waals surface area contributed by atoms with Gasteiger partial charge in [0.2, 0.25) is 11.6 Å². The molecule has 0 amide bonds. The van der Waals surface area contributed by atoms with Crippen molar-refractivity contribution in [2.75, 3.05) is 0 Å². The Morgan fingerprint density at radius 3 is 1.03 bits per heavy atom. The summed E-state index contributed by atoms with van der Waals surface area (Å²) >= 11 is 0. The van der Waals surface area contributed by atoms with Crippen LogP contribution in [0.25, 0.3) is 0 Å². The molecule has 0 bridgehead atoms. The Morgan fingerprint density at radius 2 is 0.795 bits per heavy atom. The van der Waals surface area contributed by atoms with Crippen molar-refractivity contribution in [1.82, 2.24) is 0 Å². The smallest absolute Gasteiger partial charge is 0.195 e. The van der Waals surface area contributed by atoms with Gasteiger partial charge in [-0.3, -0.25) is 0 Å². The van der Waals surface area contributed by atoms with Gasteiger partial charge >= 0.3 is 0 Å². The minimum atomic E-state index is -0.359.